The third kappa shape index (κ3) is 4.36. The highest BCUT2D eigenvalue weighted by Crippen LogP contribution is 2.13. The second-order valence-electron chi connectivity index (χ2n) is 3.91. The zero-order chi connectivity index (χ0) is 14.4. The molecule has 0 spiro atoms. The van der Waals surface area contributed by atoms with Gasteiger partial charge in [-0.15, -0.1) is 11.3 Å². The first kappa shape index (κ1) is 14.0. The fourth-order valence-electron chi connectivity index (χ4n) is 1.35. The van der Waals surface area contributed by atoms with Crippen LogP contribution in [0.2, 0.25) is 0 Å². The van der Waals surface area contributed by atoms with Crippen LogP contribution in [0.3, 0.4) is 0 Å². The standard InChI is InChI=1S/C13H13N3O3S/c1-9-8-20-13(15-9)16-12(18)7-14-11(17)5-4-10-3-2-6-19-10/h2-6,8H,7H2,1H3,(H,14,17)(H,15,16,18)/b5-4+. The Morgan fingerprint density at radius 2 is 2.35 bits per heavy atom. The Bertz CT molecular complexity index is 617. The van der Waals surface area contributed by atoms with Gasteiger partial charge in [-0.05, 0) is 25.1 Å². The molecule has 0 fully saturated rings. The summed E-state index contributed by atoms with van der Waals surface area (Å²) in [5, 5.41) is 7.42. The molecule has 0 aliphatic heterocycles. The minimum absolute atomic E-state index is 0.111. The molecule has 2 rings (SSSR count). The van der Waals surface area contributed by atoms with Gasteiger partial charge in [-0.3, -0.25) is 9.59 Å². The number of hydrogen-bond donors (Lipinski definition) is 2. The van der Waals surface area contributed by atoms with E-state index in [2.05, 4.69) is 15.6 Å². The van der Waals surface area contributed by atoms with Crippen LogP contribution in [0.1, 0.15) is 11.5 Å². The molecule has 0 aromatic carbocycles. The summed E-state index contributed by atoms with van der Waals surface area (Å²) in [6.07, 6.45) is 4.35. The van der Waals surface area contributed by atoms with E-state index in [4.69, 9.17) is 4.42 Å². The molecule has 2 amide bonds. The fraction of sp³-hybridized carbons (Fsp3) is 0.154. The molecule has 0 unspecified atom stereocenters. The predicted molar refractivity (Wildman–Crippen MR) is 76.2 cm³/mol. The van der Waals surface area contributed by atoms with Crippen molar-refractivity contribution >= 4 is 34.4 Å². The molecule has 7 heteroatoms. The molecule has 0 atom stereocenters. The van der Waals surface area contributed by atoms with Crippen LogP contribution >= 0.6 is 11.3 Å². The van der Waals surface area contributed by atoms with Crippen LogP contribution in [0.5, 0.6) is 0 Å². The van der Waals surface area contributed by atoms with E-state index in [0.29, 0.717) is 10.9 Å². The Kier molecular flexibility index (Phi) is 4.67. The van der Waals surface area contributed by atoms with E-state index in [-0.39, 0.29) is 18.4 Å². The monoisotopic (exact) mass is 291 g/mol. The Hall–Kier alpha value is -2.41. The van der Waals surface area contributed by atoms with Crippen molar-refractivity contribution in [2.45, 2.75) is 6.92 Å². The summed E-state index contributed by atoms with van der Waals surface area (Å²) in [7, 11) is 0. The average molecular weight is 291 g/mol. The van der Waals surface area contributed by atoms with Crippen LogP contribution in [0.25, 0.3) is 6.08 Å². The second kappa shape index (κ2) is 6.67. The molecule has 104 valence electrons. The van der Waals surface area contributed by atoms with E-state index < -0.39 is 0 Å². The van der Waals surface area contributed by atoms with Crippen molar-refractivity contribution in [3.8, 4) is 0 Å². The molecule has 0 saturated carbocycles. The molecule has 0 radical (unpaired) electrons. The van der Waals surface area contributed by atoms with Gasteiger partial charge in [-0.2, -0.15) is 0 Å². The first-order chi connectivity index (χ1) is 9.63. The average Bonchev–Trinajstić information content (AvgIpc) is 3.06. The molecular formula is C13H13N3O3S. The summed E-state index contributed by atoms with van der Waals surface area (Å²) in [6.45, 7) is 1.73. The number of aryl methyl sites for hydroxylation is 1. The number of amides is 2. The first-order valence-corrected chi connectivity index (χ1v) is 6.73. The SMILES string of the molecule is Cc1csc(NC(=O)CNC(=O)/C=C/c2ccco2)n1. The molecule has 2 aromatic heterocycles. The van der Waals surface area contributed by atoms with E-state index in [1.807, 2.05) is 12.3 Å². The molecule has 2 N–H and O–H groups in total. The molecule has 0 bridgehead atoms. The third-order valence-electron chi connectivity index (χ3n) is 2.23. The summed E-state index contributed by atoms with van der Waals surface area (Å²) in [6, 6.07) is 3.45. The Morgan fingerprint density at radius 1 is 1.50 bits per heavy atom. The molecule has 2 aromatic rings. The topological polar surface area (TPSA) is 84.2 Å². The number of rotatable bonds is 5. The third-order valence-corrected chi connectivity index (χ3v) is 3.11. The van der Waals surface area contributed by atoms with Gasteiger partial charge in [0.2, 0.25) is 11.8 Å². The molecular weight excluding hydrogens is 278 g/mol. The number of nitrogens with one attached hydrogen (secondary N) is 2. The highest BCUT2D eigenvalue weighted by atomic mass is 32.1. The quantitative estimate of drug-likeness (QED) is 0.823. The number of furan rings is 1. The van der Waals surface area contributed by atoms with Crippen molar-refractivity contribution in [3.63, 3.8) is 0 Å². The first-order valence-electron chi connectivity index (χ1n) is 5.85. The van der Waals surface area contributed by atoms with Gasteiger partial charge in [0.1, 0.15) is 5.76 Å². The highest BCUT2D eigenvalue weighted by molar-refractivity contribution is 7.13. The van der Waals surface area contributed by atoms with Crippen molar-refractivity contribution < 1.29 is 14.0 Å². The lowest BCUT2D eigenvalue weighted by molar-refractivity contribution is -0.121. The van der Waals surface area contributed by atoms with Crippen LogP contribution in [-0.2, 0) is 9.59 Å². The van der Waals surface area contributed by atoms with Crippen molar-refractivity contribution in [1.29, 1.82) is 0 Å². The number of nitrogens with zero attached hydrogens (tertiary/aromatic N) is 1. The van der Waals surface area contributed by atoms with Crippen LogP contribution in [0, 0.1) is 6.92 Å². The van der Waals surface area contributed by atoms with Gasteiger partial charge >= 0.3 is 0 Å². The number of carbonyl (C=O) groups excluding carboxylic acids is 2. The smallest absolute Gasteiger partial charge is 0.245 e. The predicted octanol–water partition coefficient (Wildman–Crippen LogP) is 1.81. The van der Waals surface area contributed by atoms with Gasteiger partial charge < -0.3 is 15.1 Å². The zero-order valence-electron chi connectivity index (χ0n) is 10.8. The van der Waals surface area contributed by atoms with Crippen molar-refractivity contribution in [2.24, 2.45) is 0 Å². The summed E-state index contributed by atoms with van der Waals surface area (Å²) >= 11 is 1.34. The van der Waals surface area contributed by atoms with Crippen LogP contribution < -0.4 is 10.6 Å². The van der Waals surface area contributed by atoms with E-state index in [1.165, 1.54) is 29.8 Å². The van der Waals surface area contributed by atoms with Gasteiger partial charge in [-0.25, -0.2) is 4.98 Å². The number of thiazole rings is 1. The zero-order valence-corrected chi connectivity index (χ0v) is 11.6. The molecule has 0 aliphatic rings. The lowest BCUT2D eigenvalue weighted by atomic mass is 10.4. The van der Waals surface area contributed by atoms with Gasteiger partial charge in [0.15, 0.2) is 5.13 Å². The van der Waals surface area contributed by atoms with E-state index >= 15 is 0 Å². The van der Waals surface area contributed by atoms with Gasteiger partial charge in [0.05, 0.1) is 18.5 Å². The van der Waals surface area contributed by atoms with Crippen LogP contribution in [0.15, 0.2) is 34.3 Å². The van der Waals surface area contributed by atoms with Crippen molar-refractivity contribution in [3.05, 3.63) is 41.3 Å². The van der Waals surface area contributed by atoms with Gasteiger partial charge in [-0.1, -0.05) is 0 Å². The summed E-state index contributed by atoms with van der Waals surface area (Å²) in [5.74, 6) is -0.117. The minimum Gasteiger partial charge on any atom is -0.465 e. The maximum Gasteiger partial charge on any atom is 0.245 e. The Morgan fingerprint density at radius 3 is 3.00 bits per heavy atom. The minimum atomic E-state index is -0.369. The summed E-state index contributed by atoms with van der Waals surface area (Å²) in [5.41, 5.74) is 0.843. The fourth-order valence-corrected chi connectivity index (χ4v) is 2.05. The number of carbonyl (C=O) groups is 2. The molecule has 6 nitrogen and oxygen atoms in total. The Balaban J connectivity index is 1.74. The number of anilines is 1. The largest absolute Gasteiger partial charge is 0.465 e. The summed E-state index contributed by atoms with van der Waals surface area (Å²) < 4.78 is 5.04. The second-order valence-corrected chi connectivity index (χ2v) is 4.77. The molecule has 20 heavy (non-hydrogen) atoms. The van der Waals surface area contributed by atoms with E-state index in [1.54, 1.807) is 12.1 Å². The Labute approximate surface area is 119 Å². The van der Waals surface area contributed by atoms with E-state index in [0.717, 1.165) is 5.69 Å². The normalized spacial score (nSPS) is 10.7. The molecule has 2 heterocycles. The van der Waals surface area contributed by atoms with Gasteiger partial charge in [0, 0.05) is 11.5 Å². The molecule has 0 aliphatic carbocycles. The molecule has 0 saturated heterocycles. The maximum absolute atomic E-state index is 11.6. The van der Waals surface area contributed by atoms with Crippen LogP contribution in [-0.4, -0.2) is 23.3 Å². The van der Waals surface area contributed by atoms with Crippen molar-refractivity contribution in [2.75, 3.05) is 11.9 Å². The number of hydrogen-bond acceptors (Lipinski definition) is 5. The lowest BCUT2D eigenvalue weighted by Crippen LogP contribution is -2.31. The maximum atomic E-state index is 11.6. The van der Waals surface area contributed by atoms with E-state index in [9.17, 15) is 9.59 Å². The van der Waals surface area contributed by atoms with Crippen LogP contribution in [0.4, 0.5) is 5.13 Å². The van der Waals surface area contributed by atoms with Crippen molar-refractivity contribution in [1.82, 2.24) is 10.3 Å². The highest BCUT2D eigenvalue weighted by Gasteiger charge is 2.06. The summed E-state index contributed by atoms with van der Waals surface area (Å²) in [4.78, 5) is 27.1. The lowest BCUT2D eigenvalue weighted by Gasteiger charge is -2.02. The van der Waals surface area contributed by atoms with Gasteiger partial charge in [0.25, 0.3) is 0 Å². The number of aromatic nitrogens is 1.